The van der Waals surface area contributed by atoms with E-state index in [1.807, 2.05) is 13.8 Å². The highest BCUT2D eigenvalue weighted by atomic mass is 32.1. The van der Waals surface area contributed by atoms with Crippen molar-refractivity contribution in [1.82, 2.24) is 4.98 Å². The summed E-state index contributed by atoms with van der Waals surface area (Å²) in [7, 11) is 0. The van der Waals surface area contributed by atoms with Crippen LogP contribution >= 0.6 is 11.3 Å². The first-order valence-electron chi connectivity index (χ1n) is 5.28. The number of benzene rings is 1. The largest absolute Gasteiger partial charge is 0.294 e. The van der Waals surface area contributed by atoms with Gasteiger partial charge in [-0.3, -0.25) is 4.79 Å². The Morgan fingerprint density at radius 2 is 2.18 bits per heavy atom. The van der Waals surface area contributed by atoms with Crippen molar-refractivity contribution in [2.45, 2.75) is 20.3 Å². The molecular weight excluding hydrogens is 237 g/mol. The molecule has 0 amide bonds. The lowest BCUT2D eigenvalue weighted by molar-refractivity contribution is 0.0992. The van der Waals surface area contributed by atoms with Crippen LogP contribution in [0.1, 0.15) is 25.9 Å². The number of nitrogens with zero attached hydrogens (tertiary/aromatic N) is 1. The van der Waals surface area contributed by atoms with Crippen molar-refractivity contribution >= 4 is 17.1 Å². The van der Waals surface area contributed by atoms with Crippen molar-refractivity contribution in [3.63, 3.8) is 0 Å². The fourth-order valence-electron chi connectivity index (χ4n) is 1.52. The topological polar surface area (TPSA) is 30.0 Å². The fraction of sp³-hybridized carbons (Fsp3) is 0.231. The van der Waals surface area contributed by atoms with Crippen molar-refractivity contribution in [3.8, 4) is 0 Å². The molecule has 1 aromatic carbocycles. The molecule has 0 radical (unpaired) electrons. The number of rotatable bonds is 3. The Morgan fingerprint density at radius 1 is 1.41 bits per heavy atom. The van der Waals surface area contributed by atoms with E-state index in [0.717, 1.165) is 15.6 Å². The number of halogens is 1. The van der Waals surface area contributed by atoms with Crippen LogP contribution in [0.15, 0.2) is 24.3 Å². The van der Waals surface area contributed by atoms with Gasteiger partial charge in [-0.2, -0.15) is 0 Å². The third-order valence-electron chi connectivity index (χ3n) is 2.53. The van der Waals surface area contributed by atoms with E-state index < -0.39 is 0 Å². The summed E-state index contributed by atoms with van der Waals surface area (Å²) in [5.41, 5.74) is 1.35. The Morgan fingerprint density at radius 3 is 2.76 bits per heavy atom. The first-order chi connectivity index (χ1) is 8.06. The normalized spacial score (nSPS) is 10.5. The molecule has 1 heterocycles. The molecule has 2 rings (SSSR count). The van der Waals surface area contributed by atoms with Crippen LogP contribution in [0.4, 0.5) is 4.39 Å². The molecule has 0 atom stereocenters. The Labute approximate surface area is 103 Å². The summed E-state index contributed by atoms with van der Waals surface area (Å²) >= 11 is 1.52. The van der Waals surface area contributed by atoms with Gasteiger partial charge in [0.15, 0.2) is 5.78 Å². The van der Waals surface area contributed by atoms with E-state index in [0.29, 0.717) is 5.56 Å². The molecule has 88 valence electrons. The molecule has 0 fully saturated rings. The van der Waals surface area contributed by atoms with E-state index >= 15 is 0 Å². The molecule has 2 nitrogen and oxygen atoms in total. The highest BCUT2D eigenvalue weighted by molar-refractivity contribution is 7.11. The number of aryl methyl sites for hydroxylation is 2. The quantitative estimate of drug-likeness (QED) is 0.781. The van der Waals surface area contributed by atoms with Gasteiger partial charge in [0.05, 0.1) is 12.1 Å². The highest BCUT2D eigenvalue weighted by Gasteiger charge is 2.11. The standard InChI is InChI=1S/C13H12FNOS/c1-8-9(2)17-13(15-8)7-12(16)10-4-3-5-11(14)6-10/h3-6H,7H2,1-2H3. The summed E-state index contributed by atoms with van der Waals surface area (Å²) in [6.07, 6.45) is 0.239. The Balaban J connectivity index is 2.17. The monoisotopic (exact) mass is 249 g/mol. The Kier molecular flexibility index (Phi) is 3.33. The van der Waals surface area contributed by atoms with Crippen molar-refractivity contribution in [2.24, 2.45) is 0 Å². The van der Waals surface area contributed by atoms with Gasteiger partial charge in [-0.1, -0.05) is 12.1 Å². The molecule has 0 aliphatic heterocycles. The molecule has 2 aromatic rings. The lowest BCUT2D eigenvalue weighted by atomic mass is 10.1. The summed E-state index contributed by atoms with van der Waals surface area (Å²) < 4.78 is 13.0. The predicted octanol–water partition coefficient (Wildman–Crippen LogP) is 3.32. The second-order valence-electron chi connectivity index (χ2n) is 3.86. The first-order valence-corrected chi connectivity index (χ1v) is 6.09. The average Bonchev–Trinajstić information content (AvgIpc) is 2.58. The molecular formula is C13H12FNOS. The summed E-state index contributed by atoms with van der Waals surface area (Å²) in [5, 5.41) is 0.786. The van der Waals surface area contributed by atoms with Gasteiger partial charge in [-0.05, 0) is 26.0 Å². The summed E-state index contributed by atoms with van der Waals surface area (Å²) in [6, 6.07) is 5.75. The molecule has 0 saturated heterocycles. The minimum atomic E-state index is -0.387. The number of Topliss-reactive ketones (excluding diaryl/α,β-unsaturated/α-hetero) is 1. The smallest absolute Gasteiger partial charge is 0.169 e. The van der Waals surface area contributed by atoms with Crippen LogP contribution in [0, 0.1) is 19.7 Å². The van der Waals surface area contributed by atoms with Crippen molar-refractivity contribution < 1.29 is 9.18 Å². The van der Waals surface area contributed by atoms with Gasteiger partial charge in [-0.25, -0.2) is 9.37 Å². The van der Waals surface area contributed by atoms with E-state index in [1.165, 1.54) is 23.5 Å². The third kappa shape index (κ3) is 2.77. The van der Waals surface area contributed by atoms with Gasteiger partial charge in [0, 0.05) is 10.4 Å². The number of hydrogen-bond acceptors (Lipinski definition) is 3. The maximum atomic E-state index is 13.0. The molecule has 0 spiro atoms. The minimum absolute atomic E-state index is 0.0988. The number of carbonyl (C=O) groups excluding carboxylic acids is 1. The van der Waals surface area contributed by atoms with Crippen molar-refractivity contribution in [2.75, 3.05) is 0 Å². The van der Waals surface area contributed by atoms with Crippen LogP contribution in [0.25, 0.3) is 0 Å². The van der Waals surface area contributed by atoms with Crippen LogP contribution < -0.4 is 0 Å². The van der Waals surface area contributed by atoms with Crippen LogP contribution in [-0.2, 0) is 6.42 Å². The zero-order valence-corrected chi connectivity index (χ0v) is 10.5. The Hall–Kier alpha value is -1.55. The molecule has 0 unspecified atom stereocenters. The summed E-state index contributed by atoms with van der Waals surface area (Å²) in [4.78, 5) is 17.3. The van der Waals surface area contributed by atoms with Crippen LogP contribution in [0.5, 0.6) is 0 Å². The first kappa shape index (κ1) is 11.9. The van der Waals surface area contributed by atoms with E-state index in [1.54, 1.807) is 12.1 Å². The maximum Gasteiger partial charge on any atom is 0.169 e. The lowest BCUT2D eigenvalue weighted by Gasteiger charge is -1.98. The second-order valence-corrected chi connectivity index (χ2v) is 5.15. The number of aromatic nitrogens is 1. The second kappa shape index (κ2) is 4.75. The number of ketones is 1. The van der Waals surface area contributed by atoms with Crippen LogP contribution in [0.2, 0.25) is 0 Å². The number of hydrogen-bond donors (Lipinski definition) is 0. The van der Waals surface area contributed by atoms with Gasteiger partial charge >= 0.3 is 0 Å². The van der Waals surface area contributed by atoms with Gasteiger partial charge in [0.1, 0.15) is 10.8 Å². The van der Waals surface area contributed by atoms with E-state index in [-0.39, 0.29) is 18.0 Å². The molecule has 1 aromatic heterocycles. The summed E-state index contributed by atoms with van der Waals surface area (Å²) in [6.45, 7) is 3.89. The average molecular weight is 249 g/mol. The molecule has 0 aliphatic rings. The van der Waals surface area contributed by atoms with E-state index in [4.69, 9.17) is 0 Å². The highest BCUT2D eigenvalue weighted by Crippen LogP contribution is 2.18. The zero-order valence-electron chi connectivity index (χ0n) is 9.66. The Bertz CT molecular complexity index is 543. The molecule has 17 heavy (non-hydrogen) atoms. The van der Waals surface area contributed by atoms with Gasteiger partial charge in [0.2, 0.25) is 0 Å². The number of thiazole rings is 1. The van der Waals surface area contributed by atoms with Gasteiger partial charge in [0.25, 0.3) is 0 Å². The van der Waals surface area contributed by atoms with Gasteiger partial charge in [-0.15, -0.1) is 11.3 Å². The van der Waals surface area contributed by atoms with E-state index in [2.05, 4.69) is 4.98 Å². The van der Waals surface area contributed by atoms with E-state index in [9.17, 15) is 9.18 Å². The zero-order chi connectivity index (χ0) is 12.4. The van der Waals surface area contributed by atoms with Crippen molar-refractivity contribution in [3.05, 3.63) is 51.2 Å². The maximum absolute atomic E-state index is 13.0. The van der Waals surface area contributed by atoms with Crippen LogP contribution in [0.3, 0.4) is 0 Å². The molecule has 0 saturated carbocycles. The minimum Gasteiger partial charge on any atom is -0.294 e. The van der Waals surface area contributed by atoms with Crippen molar-refractivity contribution in [1.29, 1.82) is 0 Å². The molecule has 0 N–H and O–H groups in total. The fourth-order valence-corrected chi connectivity index (χ4v) is 2.45. The molecule has 4 heteroatoms. The molecule has 0 bridgehead atoms. The predicted molar refractivity (Wildman–Crippen MR) is 66.0 cm³/mol. The van der Waals surface area contributed by atoms with Gasteiger partial charge < -0.3 is 0 Å². The lowest BCUT2D eigenvalue weighted by Crippen LogP contribution is -2.03. The summed E-state index contributed by atoms with van der Waals surface area (Å²) in [5.74, 6) is -0.486. The SMILES string of the molecule is Cc1nc(CC(=O)c2cccc(F)c2)sc1C. The third-order valence-corrected chi connectivity index (χ3v) is 3.60. The number of carbonyl (C=O) groups is 1. The molecule has 0 aliphatic carbocycles. The van der Waals surface area contributed by atoms with Crippen LogP contribution in [-0.4, -0.2) is 10.8 Å².